The van der Waals surface area contributed by atoms with E-state index in [1.807, 2.05) is 17.7 Å². The van der Waals surface area contributed by atoms with Crippen molar-refractivity contribution >= 4 is 17.4 Å². The summed E-state index contributed by atoms with van der Waals surface area (Å²) in [5.74, 6) is -0.134. The molecule has 0 aliphatic carbocycles. The van der Waals surface area contributed by atoms with Crippen LogP contribution in [0.25, 0.3) is 5.76 Å². The fourth-order valence-corrected chi connectivity index (χ4v) is 4.38. The summed E-state index contributed by atoms with van der Waals surface area (Å²) in [6.45, 7) is 3.24. The van der Waals surface area contributed by atoms with Crippen molar-refractivity contribution in [2.24, 2.45) is 0 Å². The van der Waals surface area contributed by atoms with Crippen molar-refractivity contribution in [2.75, 3.05) is 27.4 Å². The quantitative estimate of drug-likeness (QED) is 0.261. The number of aliphatic hydroxyl groups is 1. The van der Waals surface area contributed by atoms with Crippen LogP contribution in [0.5, 0.6) is 17.2 Å². The SMILES string of the molecule is CCOc1cccc(/C(O)=C2\C(=O)C(=O)N(CCCn3ccnc3)C2c2ccc(OC)c(OC)c2)c1. The van der Waals surface area contributed by atoms with Gasteiger partial charge in [0.15, 0.2) is 11.5 Å². The molecule has 1 amide bonds. The summed E-state index contributed by atoms with van der Waals surface area (Å²) in [6.07, 6.45) is 5.82. The second kappa shape index (κ2) is 11.0. The summed E-state index contributed by atoms with van der Waals surface area (Å²) in [7, 11) is 3.05. The zero-order chi connectivity index (χ0) is 25.7. The molecule has 2 aromatic carbocycles. The molecular formula is C27H29N3O6. The van der Waals surface area contributed by atoms with E-state index in [-0.39, 0.29) is 11.3 Å². The number of hydrogen-bond donors (Lipinski definition) is 1. The number of rotatable bonds is 10. The van der Waals surface area contributed by atoms with E-state index in [0.717, 1.165) is 0 Å². The van der Waals surface area contributed by atoms with Gasteiger partial charge in [0, 0.05) is 31.0 Å². The molecule has 1 unspecified atom stereocenters. The second-order valence-electron chi connectivity index (χ2n) is 8.22. The Labute approximate surface area is 209 Å². The molecule has 0 spiro atoms. The number of aromatic nitrogens is 2. The first-order valence-corrected chi connectivity index (χ1v) is 11.7. The van der Waals surface area contributed by atoms with Crippen molar-refractivity contribution in [2.45, 2.75) is 25.9 Å². The Bertz CT molecular complexity index is 1270. The summed E-state index contributed by atoms with van der Waals surface area (Å²) >= 11 is 0. The van der Waals surface area contributed by atoms with E-state index in [0.29, 0.717) is 54.5 Å². The van der Waals surface area contributed by atoms with E-state index >= 15 is 0 Å². The average Bonchev–Trinajstić information content (AvgIpc) is 3.50. The first-order chi connectivity index (χ1) is 17.5. The van der Waals surface area contributed by atoms with Crippen molar-refractivity contribution in [3.8, 4) is 17.2 Å². The van der Waals surface area contributed by atoms with Gasteiger partial charge < -0.3 is 28.8 Å². The maximum Gasteiger partial charge on any atom is 0.295 e. The third-order valence-corrected chi connectivity index (χ3v) is 6.06. The smallest absolute Gasteiger partial charge is 0.295 e. The van der Waals surface area contributed by atoms with Crippen molar-refractivity contribution in [3.05, 3.63) is 77.9 Å². The van der Waals surface area contributed by atoms with Gasteiger partial charge in [-0.05, 0) is 43.2 Å². The Balaban J connectivity index is 1.78. The number of hydrogen-bond acceptors (Lipinski definition) is 7. The van der Waals surface area contributed by atoms with Gasteiger partial charge in [0.1, 0.15) is 11.5 Å². The number of likely N-dealkylation sites (tertiary alicyclic amines) is 1. The molecule has 1 aliphatic heterocycles. The molecule has 1 atom stereocenters. The normalized spacial score (nSPS) is 16.9. The number of aliphatic hydroxyl groups excluding tert-OH is 1. The molecule has 0 saturated carbocycles. The number of carbonyl (C=O) groups excluding carboxylic acids is 2. The van der Waals surface area contributed by atoms with Crippen LogP contribution in [0.15, 0.2) is 66.8 Å². The van der Waals surface area contributed by atoms with Gasteiger partial charge in [-0.25, -0.2) is 4.98 Å². The van der Waals surface area contributed by atoms with Crippen molar-refractivity contribution < 1.29 is 28.9 Å². The lowest BCUT2D eigenvalue weighted by Crippen LogP contribution is -2.31. The highest BCUT2D eigenvalue weighted by Gasteiger charge is 2.46. The zero-order valence-corrected chi connectivity index (χ0v) is 20.5. The monoisotopic (exact) mass is 491 g/mol. The number of nitrogens with zero attached hydrogens (tertiary/aromatic N) is 3. The molecule has 1 aliphatic rings. The number of ketones is 1. The van der Waals surface area contributed by atoms with Gasteiger partial charge in [-0.3, -0.25) is 9.59 Å². The van der Waals surface area contributed by atoms with Crippen LogP contribution in [0, 0.1) is 0 Å². The van der Waals surface area contributed by atoms with Crippen LogP contribution in [-0.2, 0) is 16.1 Å². The Morgan fingerprint density at radius 2 is 1.86 bits per heavy atom. The fourth-order valence-electron chi connectivity index (χ4n) is 4.38. The second-order valence-corrected chi connectivity index (χ2v) is 8.22. The molecule has 1 fully saturated rings. The van der Waals surface area contributed by atoms with Crippen LogP contribution in [0.4, 0.5) is 0 Å². The summed E-state index contributed by atoms with van der Waals surface area (Å²) in [6, 6.07) is 11.2. The predicted molar refractivity (Wildman–Crippen MR) is 133 cm³/mol. The van der Waals surface area contributed by atoms with Crippen LogP contribution in [0.2, 0.25) is 0 Å². The van der Waals surface area contributed by atoms with E-state index in [2.05, 4.69) is 4.98 Å². The Kier molecular flexibility index (Phi) is 7.58. The minimum atomic E-state index is -0.802. The highest BCUT2D eigenvalue weighted by molar-refractivity contribution is 6.46. The molecule has 0 radical (unpaired) electrons. The number of carbonyl (C=O) groups is 2. The number of amides is 1. The lowest BCUT2D eigenvalue weighted by Gasteiger charge is -2.26. The highest BCUT2D eigenvalue weighted by Crippen LogP contribution is 2.42. The van der Waals surface area contributed by atoms with Crippen LogP contribution in [0.3, 0.4) is 0 Å². The summed E-state index contributed by atoms with van der Waals surface area (Å²) in [4.78, 5) is 32.0. The lowest BCUT2D eigenvalue weighted by atomic mass is 9.95. The van der Waals surface area contributed by atoms with Gasteiger partial charge in [-0.15, -0.1) is 0 Å². The van der Waals surface area contributed by atoms with E-state index < -0.39 is 17.7 Å². The van der Waals surface area contributed by atoms with E-state index in [9.17, 15) is 14.7 Å². The maximum absolute atomic E-state index is 13.3. The molecule has 9 nitrogen and oxygen atoms in total. The molecule has 2 heterocycles. The number of Topliss-reactive ketones (excluding diaryl/α,β-unsaturated/α-hetero) is 1. The fraction of sp³-hybridized carbons (Fsp3) is 0.296. The summed E-state index contributed by atoms with van der Waals surface area (Å²) < 4.78 is 18.3. The van der Waals surface area contributed by atoms with Gasteiger partial charge in [-0.2, -0.15) is 0 Å². The van der Waals surface area contributed by atoms with E-state index in [1.54, 1.807) is 55.0 Å². The largest absolute Gasteiger partial charge is 0.507 e. The molecule has 0 bridgehead atoms. The standard InChI is InChI=1S/C27H29N3O6/c1-4-36-20-8-5-7-19(15-20)25(31)23-24(18-9-10-21(34-2)22(16-18)35-3)30(27(33)26(23)32)13-6-12-29-14-11-28-17-29/h5,7-11,14-17,24,31H,4,6,12-13H2,1-3H3/b25-23+. The van der Waals surface area contributed by atoms with Crippen molar-refractivity contribution in [1.29, 1.82) is 0 Å². The molecule has 1 N–H and O–H groups in total. The van der Waals surface area contributed by atoms with Crippen LogP contribution >= 0.6 is 0 Å². The minimum absolute atomic E-state index is 0.0171. The number of ether oxygens (including phenoxy) is 3. The summed E-state index contributed by atoms with van der Waals surface area (Å²) in [5, 5.41) is 11.3. The van der Waals surface area contributed by atoms with Gasteiger partial charge in [0.2, 0.25) is 0 Å². The lowest BCUT2D eigenvalue weighted by molar-refractivity contribution is -0.139. The average molecular weight is 492 g/mol. The highest BCUT2D eigenvalue weighted by atomic mass is 16.5. The molecule has 1 aromatic heterocycles. The van der Waals surface area contributed by atoms with Gasteiger partial charge >= 0.3 is 0 Å². The molecule has 36 heavy (non-hydrogen) atoms. The van der Waals surface area contributed by atoms with Gasteiger partial charge in [-0.1, -0.05) is 18.2 Å². The first kappa shape index (κ1) is 24.8. The van der Waals surface area contributed by atoms with Crippen molar-refractivity contribution in [3.63, 3.8) is 0 Å². The van der Waals surface area contributed by atoms with Gasteiger partial charge in [0.25, 0.3) is 11.7 Å². The van der Waals surface area contributed by atoms with E-state index in [4.69, 9.17) is 14.2 Å². The topological polar surface area (TPSA) is 103 Å². The van der Waals surface area contributed by atoms with Crippen LogP contribution in [-0.4, -0.2) is 58.6 Å². The number of methoxy groups -OCH3 is 2. The summed E-state index contributed by atoms with van der Waals surface area (Å²) in [5.41, 5.74) is 1.03. The van der Waals surface area contributed by atoms with Crippen LogP contribution < -0.4 is 14.2 Å². The predicted octanol–water partition coefficient (Wildman–Crippen LogP) is 3.81. The number of imidazole rings is 1. The zero-order valence-electron chi connectivity index (χ0n) is 20.5. The minimum Gasteiger partial charge on any atom is -0.507 e. The Morgan fingerprint density at radius 3 is 2.56 bits per heavy atom. The first-order valence-electron chi connectivity index (χ1n) is 11.7. The molecular weight excluding hydrogens is 462 g/mol. The molecule has 188 valence electrons. The van der Waals surface area contributed by atoms with Gasteiger partial charge in [0.05, 0.1) is 38.8 Å². The maximum atomic E-state index is 13.3. The Morgan fingerprint density at radius 1 is 1.06 bits per heavy atom. The third kappa shape index (κ3) is 4.91. The number of aryl methyl sites for hydroxylation is 1. The molecule has 4 rings (SSSR count). The van der Waals surface area contributed by atoms with E-state index in [1.165, 1.54) is 19.1 Å². The number of benzene rings is 2. The van der Waals surface area contributed by atoms with Crippen molar-refractivity contribution in [1.82, 2.24) is 14.5 Å². The molecule has 3 aromatic rings. The van der Waals surface area contributed by atoms with Crippen LogP contribution in [0.1, 0.15) is 30.5 Å². The third-order valence-electron chi connectivity index (χ3n) is 6.06. The molecule has 9 heteroatoms. The Hall–Kier alpha value is -4.27. The molecule has 1 saturated heterocycles.